The third-order valence-corrected chi connectivity index (χ3v) is 4.06. The van der Waals surface area contributed by atoms with Crippen molar-refractivity contribution >= 4 is 22.5 Å². The topological polar surface area (TPSA) is 40.2 Å². The number of rotatable bonds is 5. The van der Waals surface area contributed by atoms with Crippen LogP contribution in [0.3, 0.4) is 0 Å². The number of aromatic nitrogens is 1. The van der Waals surface area contributed by atoms with E-state index in [-0.39, 0.29) is 0 Å². The van der Waals surface area contributed by atoms with Gasteiger partial charge in [-0.3, -0.25) is 0 Å². The fourth-order valence-corrected chi connectivity index (χ4v) is 2.79. The summed E-state index contributed by atoms with van der Waals surface area (Å²) in [6.07, 6.45) is 0. The first-order valence-electron chi connectivity index (χ1n) is 7.40. The van der Waals surface area contributed by atoms with Crippen LogP contribution in [0.5, 0.6) is 5.75 Å². The average molecular weight is 315 g/mol. The van der Waals surface area contributed by atoms with Crippen LogP contribution in [0, 0.1) is 0 Å². The molecule has 3 rings (SSSR count). The van der Waals surface area contributed by atoms with E-state index in [0.717, 1.165) is 23.6 Å². The van der Waals surface area contributed by atoms with Crippen molar-refractivity contribution in [1.29, 1.82) is 0 Å². The number of hydrogen-bond acceptors (Lipinski definition) is 2. The number of hydrogen-bond donors (Lipinski definition) is 1. The molecule has 0 aliphatic carbocycles. The van der Waals surface area contributed by atoms with Crippen molar-refractivity contribution in [3.63, 3.8) is 0 Å². The minimum absolute atomic E-state index is 0.530. The number of halogens is 1. The van der Waals surface area contributed by atoms with Crippen LogP contribution in [0.25, 0.3) is 10.9 Å². The maximum absolute atomic E-state index is 5.89. The van der Waals surface area contributed by atoms with Crippen molar-refractivity contribution in [2.24, 2.45) is 5.73 Å². The first kappa shape index (κ1) is 14.9. The molecule has 3 aromatic rings. The highest BCUT2D eigenvalue weighted by Crippen LogP contribution is 2.23. The summed E-state index contributed by atoms with van der Waals surface area (Å²) >= 11 is 5.89. The van der Waals surface area contributed by atoms with Crippen LogP contribution in [-0.2, 0) is 19.7 Å². The van der Waals surface area contributed by atoms with Crippen LogP contribution in [0.4, 0.5) is 0 Å². The molecule has 0 bridgehead atoms. The predicted molar refractivity (Wildman–Crippen MR) is 91.3 cm³/mol. The average Bonchev–Trinajstić information content (AvgIpc) is 2.90. The van der Waals surface area contributed by atoms with Gasteiger partial charge < -0.3 is 15.0 Å². The summed E-state index contributed by atoms with van der Waals surface area (Å²) in [4.78, 5) is 0. The van der Waals surface area contributed by atoms with Crippen LogP contribution in [-0.4, -0.2) is 4.57 Å². The van der Waals surface area contributed by atoms with Crippen molar-refractivity contribution < 1.29 is 4.74 Å². The molecule has 0 saturated heterocycles. The Morgan fingerprint density at radius 1 is 1.09 bits per heavy atom. The zero-order valence-corrected chi connectivity index (χ0v) is 13.3. The van der Waals surface area contributed by atoms with E-state index in [0.29, 0.717) is 18.2 Å². The molecule has 0 amide bonds. The molecule has 0 atom stereocenters. The molecule has 2 aromatic carbocycles. The largest absolute Gasteiger partial charge is 0.487 e. The molecule has 0 aliphatic rings. The number of aryl methyl sites for hydroxylation is 1. The Hall–Kier alpha value is -1.97. The van der Waals surface area contributed by atoms with E-state index in [4.69, 9.17) is 22.1 Å². The maximum atomic E-state index is 5.89. The van der Waals surface area contributed by atoms with Crippen molar-refractivity contribution in [3.8, 4) is 5.75 Å². The van der Waals surface area contributed by atoms with E-state index in [2.05, 4.69) is 35.8 Å². The van der Waals surface area contributed by atoms with E-state index in [1.165, 1.54) is 10.9 Å². The summed E-state index contributed by atoms with van der Waals surface area (Å²) < 4.78 is 8.14. The molecule has 1 aromatic heterocycles. The van der Waals surface area contributed by atoms with Gasteiger partial charge in [0.25, 0.3) is 0 Å². The summed E-state index contributed by atoms with van der Waals surface area (Å²) in [7, 11) is 0. The highest BCUT2D eigenvalue weighted by atomic mass is 35.5. The lowest BCUT2D eigenvalue weighted by molar-refractivity contribution is 0.296. The normalized spacial score (nSPS) is 11.0. The van der Waals surface area contributed by atoms with Crippen LogP contribution < -0.4 is 10.5 Å². The minimum Gasteiger partial charge on any atom is -0.487 e. The standard InChI is InChI=1S/C18H19ClN2O/c1-2-21-16(12-22-17-7-5-15(19)6-8-17)10-14-4-3-13(11-20)9-18(14)21/h3-10H,2,11-12,20H2,1H3. The van der Waals surface area contributed by atoms with Gasteiger partial charge in [-0.2, -0.15) is 0 Å². The molecular weight excluding hydrogens is 296 g/mol. The SMILES string of the molecule is CCn1c(COc2ccc(Cl)cc2)cc2ccc(CN)cc21. The van der Waals surface area contributed by atoms with Crippen molar-refractivity contribution in [3.05, 3.63) is 64.8 Å². The maximum Gasteiger partial charge on any atom is 0.128 e. The zero-order valence-electron chi connectivity index (χ0n) is 12.6. The lowest BCUT2D eigenvalue weighted by Crippen LogP contribution is -2.05. The van der Waals surface area contributed by atoms with Gasteiger partial charge in [0, 0.05) is 29.0 Å². The summed E-state index contributed by atoms with van der Waals surface area (Å²) in [6.45, 7) is 4.13. The summed E-state index contributed by atoms with van der Waals surface area (Å²) in [5, 5.41) is 1.93. The highest BCUT2D eigenvalue weighted by Gasteiger charge is 2.09. The fraction of sp³-hybridized carbons (Fsp3) is 0.222. The van der Waals surface area contributed by atoms with Gasteiger partial charge in [-0.05, 0) is 48.9 Å². The lowest BCUT2D eigenvalue weighted by Gasteiger charge is -2.10. The van der Waals surface area contributed by atoms with Gasteiger partial charge in [-0.25, -0.2) is 0 Å². The van der Waals surface area contributed by atoms with Gasteiger partial charge >= 0.3 is 0 Å². The van der Waals surface area contributed by atoms with Crippen LogP contribution in [0.1, 0.15) is 18.2 Å². The smallest absolute Gasteiger partial charge is 0.128 e. The van der Waals surface area contributed by atoms with Crippen molar-refractivity contribution in [2.45, 2.75) is 26.6 Å². The third-order valence-electron chi connectivity index (χ3n) is 3.81. The van der Waals surface area contributed by atoms with Gasteiger partial charge in [0.2, 0.25) is 0 Å². The third kappa shape index (κ3) is 2.96. The number of nitrogens with zero attached hydrogens (tertiary/aromatic N) is 1. The van der Waals surface area contributed by atoms with E-state index in [1.54, 1.807) is 0 Å². The summed E-state index contributed by atoms with van der Waals surface area (Å²) in [5.41, 5.74) is 9.25. The quantitative estimate of drug-likeness (QED) is 0.760. The molecule has 0 unspecified atom stereocenters. The first-order chi connectivity index (χ1) is 10.7. The number of benzene rings is 2. The highest BCUT2D eigenvalue weighted by molar-refractivity contribution is 6.30. The van der Waals surface area contributed by atoms with E-state index in [9.17, 15) is 0 Å². The molecule has 0 aliphatic heterocycles. The Morgan fingerprint density at radius 3 is 2.55 bits per heavy atom. The molecule has 0 spiro atoms. The second-order valence-corrected chi connectivity index (χ2v) is 5.66. The molecule has 0 fully saturated rings. The lowest BCUT2D eigenvalue weighted by atomic mass is 10.1. The van der Waals surface area contributed by atoms with E-state index < -0.39 is 0 Å². The molecule has 114 valence electrons. The van der Waals surface area contributed by atoms with Gasteiger partial charge in [0.05, 0.1) is 5.69 Å². The molecule has 22 heavy (non-hydrogen) atoms. The Balaban J connectivity index is 1.88. The molecular formula is C18H19ClN2O. The zero-order chi connectivity index (χ0) is 15.5. The monoisotopic (exact) mass is 314 g/mol. The number of nitrogens with two attached hydrogens (primary N) is 1. The number of ether oxygens (including phenoxy) is 1. The molecule has 1 heterocycles. The number of fused-ring (bicyclic) bond motifs is 1. The Kier molecular flexibility index (Phi) is 4.36. The Bertz CT molecular complexity index is 778. The van der Waals surface area contributed by atoms with Gasteiger partial charge in [-0.15, -0.1) is 0 Å². The van der Waals surface area contributed by atoms with Gasteiger partial charge in [0.1, 0.15) is 12.4 Å². The van der Waals surface area contributed by atoms with Gasteiger partial charge in [0.15, 0.2) is 0 Å². The molecule has 2 N–H and O–H groups in total. The van der Waals surface area contributed by atoms with Crippen LogP contribution in [0.2, 0.25) is 5.02 Å². The molecule has 0 saturated carbocycles. The molecule has 4 heteroatoms. The first-order valence-corrected chi connectivity index (χ1v) is 7.78. The second kappa shape index (κ2) is 6.42. The fourth-order valence-electron chi connectivity index (χ4n) is 2.67. The van der Waals surface area contributed by atoms with Crippen LogP contribution >= 0.6 is 11.6 Å². The molecule has 0 radical (unpaired) electrons. The Labute approximate surface area is 135 Å². The Morgan fingerprint density at radius 2 is 1.86 bits per heavy atom. The van der Waals surface area contributed by atoms with E-state index >= 15 is 0 Å². The summed E-state index contributed by atoms with van der Waals surface area (Å²) in [5.74, 6) is 0.819. The summed E-state index contributed by atoms with van der Waals surface area (Å²) in [6, 6.07) is 16.0. The predicted octanol–water partition coefficient (Wildman–Crippen LogP) is 4.35. The van der Waals surface area contributed by atoms with Crippen molar-refractivity contribution in [2.75, 3.05) is 0 Å². The second-order valence-electron chi connectivity index (χ2n) is 5.22. The van der Waals surface area contributed by atoms with Crippen LogP contribution in [0.15, 0.2) is 48.5 Å². The van der Waals surface area contributed by atoms with E-state index in [1.807, 2.05) is 24.3 Å². The minimum atomic E-state index is 0.530. The van der Waals surface area contributed by atoms with Gasteiger partial charge in [-0.1, -0.05) is 23.7 Å². The molecule has 3 nitrogen and oxygen atoms in total. The van der Waals surface area contributed by atoms with Crippen molar-refractivity contribution in [1.82, 2.24) is 4.57 Å².